The SMILES string of the molecule is O=C1CCC(N2Cc3cc4c(cc3C2=O)OC[C@@H]2C[C@H](NCC3CCN(c5ccc([C@@H]6c7ccc(O)cc7CC[C@@H]6c6ccccc6)cc5)CC3)CN42)C(=O)N1. The summed E-state index contributed by atoms with van der Waals surface area (Å²) in [5.74, 6) is 1.52. The molecule has 288 valence electrons. The number of amides is 3. The molecule has 5 heterocycles. The second kappa shape index (κ2) is 14.3. The monoisotopic (exact) mass is 751 g/mol. The van der Waals surface area contributed by atoms with E-state index < -0.39 is 6.04 Å². The van der Waals surface area contributed by atoms with Gasteiger partial charge in [0.15, 0.2) is 0 Å². The van der Waals surface area contributed by atoms with Crippen molar-refractivity contribution in [1.82, 2.24) is 15.5 Å². The summed E-state index contributed by atoms with van der Waals surface area (Å²) in [5, 5.41) is 16.5. The zero-order valence-corrected chi connectivity index (χ0v) is 31.7. The molecule has 3 N–H and O–H groups in total. The first-order valence-corrected chi connectivity index (χ1v) is 20.5. The molecule has 1 aliphatic carbocycles. The molecule has 1 unspecified atom stereocenters. The average molecular weight is 752 g/mol. The van der Waals surface area contributed by atoms with Crippen LogP contribution in [0.3, 0.4) is 0 Å². The van der Waals surface area contributed by atoms with Crippen molar-refractivity contribution in [2.24, 2.45) is 5.92 Å². The number of benzene rings is 4. The minimum Gasteiger partial charge on any atom is -0.508 e. The maximum atomic E-state index is 13.4. The van der Waals surface area contributed by atoms with Crippen LogP contribution in [-0.4, -0.2) is 78.6 Å². The Hall–Kier alpha value is -5.35. The summed E-state index contributed by atoms with van der Waals surface area (Å²) in [7, 11) is 0. The van der Waals surface area contributed by atoms with Crippen LogP contribution in [-0.2, 0) is 22.6 Å². The van der Waals surface area contributed by atoms with Crippen LogP contribution >= 0.6 is 0 Å². The topological polar surface area (TPSA) is 114 Å². The molecule has 3 fully saturated rings. The summed E-state index contributed by atoms with van der Waals surface area (Å²) in [6.45, 7) is 4.95. The normalized spacial score (nSPS) is 26.0. The molecule has 5 atom stereocenters. The number of aromatic hydroxyl groups is 1. The summed E-state index contributed by atoms with van der Waals surface area (Å²) in [5.41, 5.74) is 9.13. The number of ether oxygens (including phenoxy) is 1. The molecule has 3 saturated heterocycles. The van der Waals surface area contributed by atoms with Gasteiger partial charge >= 0.3 is 0 Å². The first-order valence-electron chi connectivity index (χ1n) is 20.5. The molecular weight excluding hydrogens is 703 g/mol. The van der Waals surface area contributed by atoms with E-state index in [0.717, 1.165) is 75.3 Å². The lowest BCUT2D eigenvalue weighted by Gasteiger charge is -2.36. The van der Waals surface area contributed by atoms with Crippen molar-refractivity contribution in [1.29, 1.82) is 0 Å². The van der Waals surface area contributed by atoms with E-state index in [2.05, 4.69) is 87.2 Å². The maximum Gasteiger partial charge on any atom is 0.255 e. The molecule has 0 radical (unpaired) electrons. The van der Waals surface area contributed by atoms with E-state index in [0.29, 0.717) is 48.8 Å². The summed E-state index contributed by atoms with van der Waals surface area (Å²) >= 11 is 0. The lowest BCUT2D eigenvalue weighted by molar-refractivity contribution is -0.136. The summed E-state index contributed by atoms with van der Waals surface area (Å²) in [6.07, 6.45) is 5.96. The number of aryl methyl sites for hydroxylation is 1. The fourth-order valence-electron chi connectivity index (χ4n) is 10.5. The maximum absolute atomic E-state index is 13.4. The molecular formula is C46H49N5O5. The van der Waals surface area contributed by atoms with Crippen molar-refractivity contribution in [3.8, 4) is 11.5 Å². The Morgan fingerprint density at radius 2 is 1.64 bits per heavy atom. The van der Waals surface area contributed by atoms with Gasteiger partial charge in [-0.2, -0.15) is 0 Å². The predicted octanol–water partition coefficient (Wildman–Crippen LogP) is 5.86. The van der Waals surface area contributed by atoms with Gasteiger partial charge in [0.1, 0.15) is 24.1 Å². The number of nitrogens with one attached hydrogen (secondary N) is 2. The van der Waals surface area contributed by atoms with Crippen molar-refractivity contribution in [3.05, 3.63) is 118 Å². The van der Waals surface area contributed by atoms with Gasteiger partial charge in [-0.1, -0.05) is 48.5 Å². The van der Waals surface area contributed by atoms with Gasteiger partial charge in [-0.15, -0.1) is 0 Å². The number of phenolic OH excluding ortho intramolecular Hbond substituents is 1. The largest absolute Gasteiger partial charge is 0.508 e. The predicted molar refractivity (Wildman–Crippen MR) is 214 cm³/mol. The van der Waals surface area contributed by atoms with Crippen LogP contribution in [0.5, 0.6) is 11.5 Å². The third-order valence-corrected chi connectivity index (χ3v) is 13.5. The van der Waals surface area contributed by atoms with Crippen molar-refractivity contribution in [2.45, 2.75) is 81.5 Å². The van der Waals surface area contributed by atoms with E-state index in [1.54, 1.807) is 4.90 Å². The Morgan fingerprint density at radius 3 is 2.45 bits per heavy atom. The van der Waals surface area contributed by atoms with Gasteiger partial charge in [-0.3, -0.25) is 19.7 Å². The first kappa shape index (κ1) is 35.1. The zero-order chi connectivity index (χ0) is 37.9. The highest BCUT2D eigenvalue weighted by Gasteiger charge is 2.43. The molecule has 10 rings (SSSR count). The molecule has 10 heteroatoms. The van der Waals surface area contributed by atoms with Crippen molar-refractivity contribution in [3.63, 3.8) is 0 Å². The van der Waals surface area contributed by atoms with Gasteiger partial charge in [0.2, 0.25) is 11.8 Å². The van der Waals surface area contributed by atoms with Crippen molar-refractivity contribution < 1.29 is 24.2 Å². The van der Waals surface area contributed by atoms with Gasteiger partial charge in [-0.25, -0.2) is 0 Å². The fourth-order valence-corrected chi connectivity index (χ4v) is 10.5. The van der Waals surface area contributed by atoms with E-state index in [1.807, 2.05) is 18.2 Å². The Bertz CT molecular complexity index is 2170. The number of anilines is 2. The molecule has 3 amide bonds. The van der Waals surface area contributed by atoms with E-state index in [4.69, 9.17) is 4.74 Å². The van der Waals surface area contributed by atoms with Crippen molar-refractivity contribution in [2.75, 3.05) is 42.6 Å². The molecule has 6 aliphatic rings. The van der Waals surface area contributed by atoms with Crippen LogP contribution in [0, 0.1) is 5.92 Å². The molecule has 0 spiro atoms. The number of hydrogen-bond donors (Lipinski definition) is 3. The van der Waals surface area contributed by atoms with Gasteiger partial charge < -0.3 is 29.9 Å². The second-order valence-electron chi connectivity index (χ2n) is 16.8. The second-order valence-corrected chi connectivity index (χ2v) is 16.8. The standard InChI is InChI=1S/C46H49N5O5/c52-36-11-13-38-31(20-36)8-12-37(29-4-2-1-3-5-29)44(38)30-6-9-34(10-7-30)49-18-16-28(17-19-49)24-47-33-22-35-27-56-42-23-39-32(21-41(42)50(35)26-33)25-51(46(39)55)40-14-15-43(53)48-45(40)54/h1-7,9-11,13,20-21,23,28,33,35,37,40,44,47,52H,8,12,14-19,22,24-27H2,(H,48,53,54)/t33-,35-,37+,40?,44-/m0/s1. The number of fused-ring (bicyclic) bond motifs is 5. The molecule has 0 aromatic heterocycles. The van der Waals surface area contributed by atoms with Gasteiger partial charge in [0, 0.05) is 55.8 Å². The highest BCUT2D eigenvalue weighted by Crippen LogP contribution is 2.47. The van der Waals surface area contributed by atoms with Crippen molar-refractivity contribution >= 4 is 29.1 Å². The van der Waals surface area contributed by atoms with Gasteiger partial charge in [0.05, 0.1) is 11.7 Å². The molecule has 56 heavy (non-hydrogen) atoms. The minimum absolute atomic E-state index is 0.169. The number of rotatable bonds is 7. The Balaban J connectivity index is 0.750. The van der Waals surface area contributed by atoms with E-state index in [9.17, 15) is 19.5 Å². The molecule has 10 nitrogen and oxygen atoms in total. The van der Waals surface area contributed by atoms with Crippen LogP contribution in [0.25, 0.3) is 0 Å². The number of nitrogens with zero attached hydrogens (tertiary/aromatic N) is 3. The Kier molecular flexibility index (Phi) is 8.96. The van der Waals surface area contributed by atoms with Crippen LogP contribution in [0.15, 0.2) is 84.9 Å². The van der Waals surface area contributed by atoms with Gasteiger partial charge in [0.25, 0.3) is 5.91 Å². The van der Waals surface area contributed by atoms with Crippen LogP contribution < -0.4 is 25.2 Å². The van der Waals surface area contributed by atoms with E-state index in [-0.39, 0.29) is 36.1 Å². The first-order chi connectivity index (χ1) is 27.4. The van der Waals surface area contributed by atoms with E-state index in [1.165, 1.54) is 27.9 Å². The lowest BCUT2D eigenvalue weighted by atomic mass is 9.69. The number of carbonyl (C=O) groups is 3. The Labute approximate surface area is 327 Å². The number of phenols is 1. The number of piperidine rings is 2. The molecule has 0 bridgehead atoms. The van der Waals surface area contributed by atoms with Crippen LogP contribution in [0.4, 0.5) is 11.4 Å². The number of imide groups is 1. The molecule has 4 aromatic rings. The smallest absolute Gasteiger partial charge is 0.255 e. The highest BCUT2D eigenvalue weighted by atomic mass is 16.5. The quantitative estimate of drug-likeness (QED) is 0.202. The summed E-state index contributed by atoms with van der Waals surface area (Å²) in [6, 6.07) is 30.1. The third kappa shape index (κ3) is 6.37. The fraction of sp³-hybridized carbons (Fsp3) is 0.413. The summed E-state index contributed by atoms with van der Waals surface area (Å²) in [4.78, 5) is 44.2. The molecule has 0 saturated carbocycles. The minimum atomic E-state index is -0.623. The van der Waals surface area contributed by atoms with E-state index >= 15 is 0 Å². The molecule has 4 aromatic carbocycles. The van der Waals surface area contributed by atoms with Gasteiger partial charge in [-0.05, 0) is 121 Å². The van der Waals surface area contributed by atoms with Crippen LogP contribution in [0.1, 0.15) is 88.5 Å². The summed E-state index contributed by atoms with van der Waals surface area (Å²) < 4.78 is 6.23. The molecule has 5 aliphatic heterocycles. The van der Waals surface area contributed by atoms with Crippen LogP contribution in [0.2, 0.25) is 0 Å². The lowest BCUT2D eigenvalue weighted by Crippen LogP contribution is -2.52. The number of carbonyl (C=O) groups excluding carboxylic acids is 3. The average Bonchev–Trinajstić information content (AvgIpc) is 3.79. The Morgan fingerprint density at radius 1 is 0.821 bits per heavy atom. The third-order valence-electron chi connectivity index (χ3n) is 13.5. The zero-order valence-electron chi connectivity index (χ0n) is 31.7. The number of hydrogen-bond acceptors (Lipinski definition) is 8. The highest BCUT2D eigenvalue weighted by molar-refractivity contribution is 6.06.